The number of rotatable bonds is 4. The molecule has 3 rings (SSSR count). The number of amidine groups is 1. The van der Waals surface area contributed by atoms with E-state index in [9.17, 15) is 14.9 Å². The molecule has 27 heavy (non-hydrogen) atoms. The number of methoxy groups -OCH3 is 1. The molecule has 0 radical (unpaired) electrons. The Morgan fingerprint density at radius 1 is 1.26 bits per heavy atom. The predicted octanol–water partition coefficient (Wildman–Crippen LogP) is 3.27. The lowest BCUT2D eigenvalue weighted by atomic mass is 9.90. The molecule has 1 unspecified atom stereocenters. The van der Waals surface area contributed by atoms with Gasteiger partial charge in [-0.3, -0.25) is 20.1 Å². The SMILES string of the molecule is COC(=O)c1cncc(C2=C(C)NC(C)=NC2c2cccc([N+](=O)[O-])c2)c1. The molecule has 1 aliphatic heterocycles. The second-order valence-corrected chi connectivity index (χ2v) is 6.09. The molecule has 0 bridgehead atoms. The average Bonchev–Trinajstić information content (AvgIpc) is 2.67. The maximum Gasteiger partial charge on any atom is 0.339 e. The van der Waals surface area contributed by atoms with Crippen molar-refractivity contribution in [3.63, 3.8) is 0 Å². The van der Waals surface area contributed by atoms with E-state index in [-0.39, 0.29) is 5.69 Å². The van der Waals surface area contributed by atoms with Crippen LogP contribution in [-0.4, -0.2) is 28.8 Å². The molecular weight excluding hydrogens is 348 g/mol. The minimum atomic E-state index is -0.488. The molecule has 0 amide bonds. The van der Waals surface area contributed by atoms with Crippen LogP contribution in [0, 0.1) is 10.1 Å². The van der Waals surface area contributed by atoms with E-state index in [4.69, 9.17) is 4.74 Å². The summed E-state index contributed by atoms with van der Waals surface area (Å²) in [6.07, 6.45) is 3.06. The van der Waals surface area contributed by atoms with Crippen molar-refractivity contribution in [1.29, 1.82) is 0 Å². The molecule has 2 aromatic rings. The molecule has 0 saturated heterocycles. The molecule has 0 aliphatic carbocycles. The van der Waals surface area contributed by atoms with Gasteiger partial charge < -0.3 is 10.1 Å². The molecule has 138 valence electrons. The second-order valence-electron chi connectivity index (χ2n) is 6.09. The Hall–Kier alpha value is -3.55. The van der Waals surface area contributed by atoms with Crippen LogP contribution in [0.3, 0.4) is 0 Å². The van der Waals surface area contributed by atoms with Gasteiger partial charge in [0.25, 0.3) is 5.69 Å². The van der Waals surface area contributed by atoms with Crippen molar-refractivity contribution in [1.82, 2.24) is 10.3 Å². The minimum absolute atomic E-state index is 0.00248. The van der Waals surface area contributed by atoms with Crippen LogP contribution in [0.4, 0.5) is 5.69 Å². The summed E-state index contributed by atoms with van der Waals surface area (Å²) in [5.41, 5.74) is 3.32. The van der Waals surface area contributed by atoms with Gasteiger partial charge in [-0.1, -0.05) is 12.1 Å². The van der Waals surface area contributed by atoms with Crippen molar-refractivity contribution in [3.8, 4) is 0 Å². The Bertz CT molecular complexity index is 981. The number of non-ortho nitro benzene ring substituents is 1. The standard InChI is InChI=1S/C19H18N4O4/c1-11-17(14-7-15(10-20-9-14)19(24)27-3)18(22-12(2)21-11)13-5-4-6-16(8-13)23(25)26/h4-10,18H,1-3H3,(H,21,22). The number of pyridine rings is 1. The van der Waals surface area contributed by atoms with Crippen LogP contribution >= 0.6 is 0 Å². The maximum atomic E-state index is 11.9. The largest absolute Gasteiger partial charge is 0.465 e. The lowest BCUT2D eigenvalue weighted by molar-refractivity contribution is -0.384. The Labute approximate surface area is 155 Å². The number of carbonyl (C=O) groups is 1. The van der Waals surface area contributed by atoms with Gasteiger partial charge in [-0.2, -0.15) is 0 Å². The van der Waals surface area contributed by atoms with Crippen LogP contribution in [0.1, 0.15) is 41.4 Å². The number of aromatic nitrogens is 1. The molecule has 8 nitrogen and oxygen atoms in total. The van der Waals surface area contributed by atoms with Crippen LogP contribution in [0.5, 0.6) is 0 Å². The minimum Gasteiger partial charge on any atom is -0.465 e. The summed E-state index contributed by atoms with van der Waals surface area (Å²) in [5.74, 6) is 0.211. The molecule has 1 aliphatic rings. The van der Waals surface area contributed by atoms with Gasteiger partial charge in [-0.15, -0.1) is 0 Å². The van der Waals surface area contributed by atoms with Gasteiger partial charge in [0, 0.05) is 41.4 Å². The summed E-state index contributed by atoms with van der Waals surface area (Å²) in [5, 5.41) is 14.3. The summed E-state index contributed by atoms with van der Waals surface area (Å²) in [4.78, 5) is 31.3. The number of nitro benzene ring substituents is 1. The van der Waals surface area contributed by atoms with E-state index in [1.807, 2.05) is 13.8 Å². The van der Waals surface area contributed by atoms with Gasteiger partial charge in [0.2, 0.25) is 0 Å². The number of hydrogen-bond acceptors (Lipinski definition) is 7. The van der Waals surface area contributed by atoms with E-state index in [0.29, 0.717) is 22.5 Å². The number of benzene rings is 1. The zero-order valence-electron chi connectivity index (χ0n) is 15.1. The normalized spacial score (nSPS) is 16.4. The molecule has 1 aromatic carbocycles. The van der Waals surface area contributed by atoms with Crippen LogP contribution < -0.4 is 5.32 Å². The lowest BCUT2D eigenvalue weighted by Gasteiger charge is -2.26. The highest BCUT2D eigenvalue weighted by Gasteiger charge is 2.26. The molecule has 0 saturated carbocycles. The van der Waals surface area contributed by atoms with Crippen LogP contribution in [0.25, 0.3) is 5.57 Å². The van der Waals surface area contributed by atoms with E-state index in [1.54, 1.807) is 24.4 Å². The lowest BCUT2D eigenvalue weighted by Crippen LogP contribution is -2.26. The van der Waals surface area contributed by atoms with Gasteiger partial charge in [0.15, 0.2) is 0 Å². The fourth-order valence-corrected chi connectivity index (χ4v) is 3.07. The summed E-state index contributed by atoms with van der Waals surface area (Å²) >= 11 is 0. The molecule has 1 N–H and O–H groups in total. The monoisotopic (exact) mass is 366 g/mol. The van der Waals surface area contributed by atoms with E-state index in [1.165, 1.54) is 25.4 Å². The Kier molecular flexibility index (Phi) is 4.98. The fraction of sp³-hybridized carbons (Fsp3) is 0.211. The Balaban J connectivity index is 2.12. The average molecular weight is 366 g/mol. The number of nitrogens with one attached hydrogen (secondary N) is 1. The molecule has 8 heteroatoms. The summed E-state index contributed by atoms with van der Waals surface area (Å²) < 4.78 is 4.76. The first-order valence-electron chi connectivity index (χ1n) is 8.21. The first-order valence-corrected chi connectivity index (χ1v) is 8.21. The smallest absolute Gasteiger partial charge is 0.339 e. The van der Waals surface area contributed by atoms with Crippen molar-refractivity contribution in [2.45, 2.75) is 19.9 Å². The van der Waals surface area contributed by atoms with Gasteiger partial charge in [-0.05, 0) is 25.5 Å². The second kappa shape index (κ2) is 7.36. The molecule has 0 fully saturated rings. The molecular formula is C19H18N4O4. The highest BCUT2D eigenvalue weighted by molar-refractivity contribution is 5.92. The third-order valence-electron chi connectivity index (χ3n) is 4.24. The number of carbonyl (C=O) groups excluding carboxylic acids is 1. The highest BCUT2D eigenvalue weighted by Crippen LogP contribution is 2.38. The van der Waals surface area contributed by atoms with Crippen molar-refractivity contribution in [3.05, 3.63) is 75.2 Å². The van der Waals surface area contributed by atoms with E-state index in [2.05, 4.69) is 15.3 Å². The third kappa shape index (κ3) is 3.69. The quantitative estimate of drug-likeness (QED) is 0.506. The summed E-state index contributed by atoms with van der Waals surface area (Å²) in [7, 11) is 1.31. The third-order valence-corrected chi connectivity index (χ3v) is 4.24. The maximum absolute atomic E-state index is 11.9. The first kappa shape index (κ1) is 18.2. The predicted molar refractivity (Wildman–Crippen MR) is 100 cm³/mol. The zero-order valence-corrected chi connectivity index (χ0v) is 15.1. The molecule has 1 atom stereocenters. The van der Waals surface area contributed by atoms with Crippen molar-refractivity contribution >= 4 is 23.1 Å². The van der Waals surface area contributed by atoms with Crippen LogP contribution in [-0.2, 0) is 4.74 Å². The summed E-state index contributed by atoms with van der Waals surface area (Å²) in [6.45, 7) is 3.72. The summed E-state index contributed by atoms with van der Waals surface area (Å²) in [6, 6.07) is 7.61. The van der Waals surface area contributed by atoms with E-state index < -0.39 is 16.9 Å². The topological polar surface area (TPSA) is 107 Å². The van der Waals surface area contributed by atoms with Crippen LogP contribution in [0.15, 0.2) is 53.4 Å². The molecule has 1 aromatic heterocycles. The van der Waals surface area contributed by atoms with Gasteiger partial charge >= 0.3 is 5.97 Å². The van der Waals surface area contributed by atoms with E-state index in [0.717, 1.165) is 11.3 Å². The first-order chi connectivity index (χ1) is 12.9. The Morgan fingerprint density at radius 3 is 2.74 bits per heavy atom. The van der Waals surface area contributed by atoms with Gasteiger partial charge in [-0.25, -0.2) is 4.79 Å². The van der Waals surface area contributed by atoms with Gasteiger partial charge in [0.1, 0.15) is 6.04 Å². The fourth-order valence-electron chi connectivity index (χ4n) is 3.07. The van der Waals surface area contributed by atoms with E-state index >= 15 is 0 Å². The van der Waals surface area contributed by atoms with Crippen molar-refractivity contribution in [2.24, 2.45) is 4.99 Å². The highest BCUT2D eigenvalue weighted by atomic mass is 16.6. The number of ether oxygens (including phenoxy) is 1. The molecule has 0 spiro atoms. The molecule has 2 heterocycles. The van der Waals surface area contributed by atoms with Crippen molar-refractivity contribution < 1.29 is 14.5 Å². The number of aliphatic imine (C=N–C) groups is 1. The Morgan fingerprint density at radius 2 is 2.04 bits per heavy atom. The zero-order chi connectivity index (χ0) is 19.6. The number of allylic oxidation sites excluding steroid dienone is 1. The number of esters is 1. The van der Waals surface area contributed by atoms with Crippen molar-refractivity contribution in [2.75, 3.05) is 7.11 Å². The number of nitrogens with zero attached hydrogens (tertiary/aromatic N) is 3. The number of nitro groups is 1. The van der Waals surface area contributed by atoms with Gasteiger partial charge in [0.05, 0.1) is 23.4 Å². The number of hydrogen-bond donors (Lipinski definition) is 1. The van der Waals surface area contributed by atoms with Crippen LogP contribution in [0.2, 0.25) is 0 Å².